The normalized spacial score (nSPS) is 16.8. The van der Waals surface area contributed by atoms with Gasteiger partial charge in [-0.05, 0) is 51.7 Å². The van der Waals surface area contributed by atoms with Gasteiger partial charge < -0.3 is 25.1 Å². The quantitative estimate of drug-likeness (QED) is 0.0954. The van der Waals surface area contributed by atoms with E-state index in [1.165, 1.54) is 15.3 Å². The largest absolute Gasteiger partial charge is 0.407 e. The van der Waals surface area contributed by atoms with Gasteiger partial charge >= 0.3 is 0 Å². The minimum Gasteiger partial charge on any atom is -0.407 e. The summed E-state index contributed by atoms with van der Waals surface area (Å²) >= 11 is 1.59. The fourth-order valence-corrected chi connectivity index (χ4v) is 13.0. The first-order valence-electron chi connectivity index (χ1n) is 19.4. The molecule has 3 aromatic carbocycles. The molecule has 4 aromatic rings. The Morgan fingerprint density at radius 1 is 0.909 bits per heavy atom. The highest BCUT2D eigenvalue weighted by Gasteiger charge is 2.50. The SMILES string of the molecule is Cc1ncsc1-c1ccc(CNC(=O)C2CC(O)CN2C(=O)[C@@H](NC(=O)CCCCCO[Si](c2ccccc2)(c2ccccc2)C(C)(C)C)C(C)(C)C)cc1. The van der Waals surface area contributed by atoms with E-state index in [1.54, 1.807) is 11.3 Å². The van der Waals surface area contributed by atoms with Crippen molar-refractivity contribution in [2.45, 2.75) is 110 Å². The molecule has 294 valence electrons. The van der Waals surface area contributed by atoms with Crippen LogP contribution in [0.1, 0.15) is 84.9 Å². The summed E-state index contributed by atoms with van der Waals surface area (Å²) in [6, 6.07) is 27.4. The number of amides is 3. The second-order valence-corrected chi connectivity index (χ2v) is 21.9. The van der Waals surface area contributed by atoms with Gasteiger partial charge in [0.25, 0.3) is 8.32 Å². The molecule has 0 aliphatic carbocycles. The fourth-order valence-electron chi connectivity index (χ4n) is 7.56. The number of β-amino-alcohol motifs (C(OH)–C–C–N with tert-alkyl or cyclic N) is 1. The van der Waals surface area contributed by atoms with Crippen molar-refractivity contribution in [2.24, 2.45) is 5.41 Å². The molecular weight excluding hydrogens is 725 g/mol. The Morgan fingerprint density at radius 2 is 1.53 bits per heavy atom. The van der Waals surface area contributed by atoms with Gasteiger partial charge in [0.05, 0.1) is 22.2 Å². The highest BCUT2D eigenvalue weighted by Crippen LogP contribution is 2.37. The molecule has 1 aromatic heterocycles. The molecule has 3 amide bonds. The average molecular weight is 783 g/mol. The number of likely N-dealkylation sites (tertiary alicyclic amines) is 1. The number of nitrogens with zero attached hydrogens (tertiary/aromatic N) is 2. The Bertz CT molecular complexity index is 1830. The van der Waals surface area contributed by atoms with Crippen LogP contribution in [0.2, 0.25) is 5.04 Å². The number of unbranched alkanes of at least 4 members (excludes halogenated alkanes) is 2. The number of aliphatic hydroxyl groups excluding tert-OH is 1. The Hall–Kier alpha value is -4.16. The summed E-state index contributed by atoms with van der Waals surface area (Å²) < 4.78 is 7.01. The number of hydrogen-bond acceptors (Lipinski definition) is 7. The highest BCUT2D eigenvalue weighted by atomic mass is 32.1. The van der Waals surface area contributed by atoms with Gasteiger partial charge in [-0.15, -0.1) is 11.3 Å². The van der Waals surface area contributed by atoms with Gasteiger partial charge in [0, 0.05) is 32.5 Å². The zero-order valence-corrected chi connectivity index (χ0v) is 35.2. The standard InChI is InChI=1S/C44H58N4O5SSi/c1-31-39(54-30-46-31)33-24-22-32(23-25-33)28-45-41(51)37-27-34(49)29-48(37)42(52)40(43(2,3)4)47-38(50)21-15-10-16-26-53-55(44(5,6)7,35-17-11-8-12-18-35)36-19-13-9-14-20-36/h8-9,11-14,17-20,22-25,30,34,37,40,49H,10,15-16,21,26-29H2,1-7H3,(H,45,51)(H,47,50)/t34?,37?,40-/m1/s1. The number of hydrogen-bond donors (Lipinski definition) is 3. The minimum atomic E-state index is -2.62. The molecular formula is C44H58N4O5SSi. The fraction of sp³-hybridized carbons (Fsp3) is 0.455. The van der Waals surface area contributed by atoms with Gasteiger partial charge in [0.1, 0.15) is 12.1 Å². The van der Waals surface area contributed by atoms with Gasteiger partial charge in [-0.1, -0.05) is 133 Å². The molecule has 1 aliphatic heterocycles. The highest BCUT2D eigenvalue weighted by molar-refractivity contribution is 7.13. The van der Waals surface area contributed by atoms with Crippen LogP contribution in [0.5, 0.6) is 0 Å². The Labute approximate surface area is 332 Å². The van der Waals surface area contributed by atoms with Crippen LogP contribution in [0.25, 0.3) is 10.4 Å². The third-order valence-corrected chi connectivity index (χ3v) is 16.5. The second kappa shape index (κ2) is 18.2. The number of rotatable bonds is 15. The predicted molar refractivity (Wildman–Crippen MR) is 224 cm³/mol. The molecule has 3 N–H and O–H groups in total. The van der Waals surface area contributed by atoms with E-state index in [0.717, 1.165) is 34.5 Å². The van der Waals surface area contributed by atoms with Crippen molar-refractivity contribution in [3.8, 4) is 10.4 Å². The topological polar surface area (TPSA) is 121 Å². The molecule has 1 aliphatic rings. The number of benzene rings is 3. The lowest BCUT2D eigenvalue weighted by molar-refractivity contribution is -0.144. The number of thiazole rings is 1. The smallest absolute Gasteiger partial charge is 0.261 e. The molecule has 5 rings (SSSR count). The number of aromatic nitrogens is 1. The first-order chi connectivity index (χ1) is 26.1. The first-order valence-corrected chi connectivity index (χ1v) is 22.2. The van der Waals surface area contributed by atoms with E-state index in [9.17, 15) is 19.5 Å². The van der Waals surface area contributed by atoms with Crippen LogP contribution in [0.3, 0.4) is 0 Å². The van der Waals surface area contributed by atoms with Crippen LogP contribution >= 0.6 is 11.3 Å². The third kappa shape index (κ3) is 10.2. The van der Waals surface area contributed by atoms with Crippen LogP contribution in [0.15, 0.2) is 90.4 Å². The van der Waals surface area contributed by atoms with Gasteiger partial charge in [0.15, 0.2) is 0 Å². The molecule has 3 atom stereocenters. The molecule has 9 nitrogen and oxygen atoms in total. The maximum Gasteiger partial charge on any atom is 0.261 e. The molecule has 1 fully saturated rings. The van der Waals surface area contributed by atoms with Crippen molar-refractivity contribution in [2.75, 3.05) is 13.2 Å². The van der Waals surface area contributed by atoms with Crippen molar-refractivity contribution in [3.05, 3.63) is 102 Å². The van der Waals surface area contributed by atoms with Crippen LogP contribution in [-0.2, 0) is 25.4 Å². The van der Waals surface area contributed by atoms with Crippen LogP contribution < -0.4 is 21.0 Å². The molecule has 0 bridgehead atoms. The van der Waals surface area contributed by atoms with E-state index in [1.807, 2.05) is 69.6 Å². The van der Waals surface area contributed by atoms with Crippen molar-refractivity contribution in [1.82, 2.24) is 20.5 Å². The number of carbonyl (C=O) groups excluding carboxylic acids is 3. The number of nitrogens with one attached hydrogen (secondary N) is 2. The first kappa shape index (κ1) is 42.0. The number of carbonyl (C=O) groups is 3. The molecule has 0 radical (unpaired) electrons. The van der Waals surface area contributed by atoms with E-state index >= 15 is 0 Å². The number of aliphatic hydroxyl groups is 1. The maximum atomic E-state index is 14.1. The van der Waals surface area contributed by atoms with Gasteiger partial charge in [-0.25, -0.2) is 4.98 Å². The lowest BCUT2D eigenvalue weighted by atomic mass is 9.85. The predicted octanol–water partition coefficient (Wildman–Crippen LogP) is 6.36. The van der Waals surface area contributed by atoms with E-state index < -0.39 is 31.9 Å². The molecule has 0 spiro atoms. The summed E-state index contributed by atoms with van der Waals surface area (Å²) in [5, 5.41) is 18.9. The Kier molecular flexibility index (Phi) is 13.9. The van der Waals surface area contributed by atoms with Gasteiger partial charge in [-0.2, -0.15) is 0 Å². The molecule has 2 heterocycles. The lowest BCUT2D eigenvalue weighted by Crippen LogP contribution is -2.66. The summed E-state index contributed by atoms with van der Waals surface area (Å²) in [5.74, 6) is -0.897. The summed E-state index contributed by atoms with van der Waals surface area (Å²) in [7, 11) is -2.62. The van der Waals surface area contributed by atoms with E-state index in [2.05, 4.69) is 84.9 Å². The Balaban J connectivity index is 1.14. The average Bonchev–Trinajstić information content (AvgIpc) is 3.77. The van der Waals surface area contributed by atoms with Crippen molar-refractivity contribution >= 4 is 47.7 Å². The van der Waals surface area contributed by atoms with Crippen molar-refractivity contribution < 1.29 is 23.9 Å². The van der Waals surface area contributed by atoms with Gasteiger partial charge in [-0.3, -0.25) is 14.4 Å². The monoisotopic (exact) mass is 782 g/mol. The van der Waals surface area contributed by atoms with Crippen LogP contribution in [0, 0.1) is 12.3 Å². The Morgan fingerprint density at radius 3 is 2.07 bits per heavy atom. The summed E-state index contributed by atoms with van der Waals surface area (Å²) in [5.41, 5.74) is 4.18. The summed E-state index contributed by atoms with van der Waals surface area (Å²) in [4.78, 5) is 47.7. The summed E-state index contributed by atoms with van der Waals surface area (Å²) in [6.45, 7) is 15.4. The second-order valence-electron chi connectivity index (χ2n) is 16.8. The van der Waals surface area contributed by atoms with Crippen molar-refractivity contribution in [3.63, 3.8) is 0 Å². The van der Waals surface area contributed by atoms with E-state index in [0.29, 0.717) is 13.0 Å². The molecule has 1 saturated heterocycles. The molecule has 11 heteroatoms. The van der Waals surface area contributed by atoms with Crippen LogP contribution in [-0.4, -0.2) is 72.4 Å². The van der Waals surface area contributed by atoms with E-state index in [-0.39, 0.29) is 48.7 Å². The maximum absolute atomic E-state index is 14.1. The summed E-state index contributed by atoms with van der Waals surface area (Å²) in [6.07, 6.45) is 1.84. The third-order valence-electron chi connectivity index (χ3n) is 10.5. The zero-order chi connectivity index (χ0) is 39.8. The molecule has 2 unspecified atom stereocenters. The minimum absolute atomic E-state index is 0.0353. The van der Waals surface area contributed by atoms with E-state index in [4.69, 9.17) is 4.43 Å². The van der Waals surface area contributed by atoms with Gasteiger partial charge in [0.2, 0.25) is 17.7 Å². The molecule has 0 saturated carbocycles. The number of aryl methyl sites for hydroxylation is 1. The molecule has 55 heavy (non-hydrogen) atoms. The van der Waals surface area contributed by atoms with Crippen molar-refractivity contribution in [1.29, 1.82) is 0 Å². The lowest BCUT2D eigenvalue weighted by Gasteiger charge is -2.43. The van der Waals surface area contributed by atoms with Crippen LogP contribution in [0.4, 0.5) is 0 Å². The zero-order valence-electron chi connectivity index (χ0n) is 33.4.